The Morgan fingerprint density at radius 1 is 1.38 bits per heavy atom. The molecule has 0 bridgehead atoms. The molecule has 0 saturated carbocycles. The molecule has 3 nitrogen and oxygen atoms in total. The second-order valence-electron chi connectivity index (χ2n) is 1.97. The van der Waals surface area contributed by atoms with Crippen LogP contribution in [0.1, 0.15) is 0 Å². The van der Waals surface area contributed by atoms with Gasteiger partial charge in [0.1, 0.15) is 6.29 Å². The fourth-order valence-corrected chi connectivity index (χ4v) is 2.05. The number of hydrogen-bond donors (Lipinski definition) is 0. The number of rotatable bonds is 1. The Kier molecular flexibility index (Phi) is 1.11. The van der Waals surface area contributed by atoms with Gasteiger partial charge in [-0.1, -0.05) is 0 Å². The highest BCUT2D eigenvalue weighted by atomic mass is 32.2. The van der Waals surface area contributed by atoms with Gasteiger partial charge in [0.2, 0.25) is 0 Å². The van der Waals surface area contributed by atoms with Gasteiger partial charge in [0.15, 0.2) is 9.84 Å². The summed E-state index contributed by atoms with van der Waals surface area (Å²) in [5.74, 6) is -0.0764. The number of hydrogen-bond acceptors (Lipinski definition) is 3. The van der Waals surface area contributed by atoms with Crippen molar-refractivity contribution in [1.29, 1.82) is 0 Å². The van der Waals surface area contributed by atoms with Gasteiger partial charge in [-0.3, -0.25) is 0 Å². The largest absolute Gasteiger partial charge is 0.303 e. The van der Waals surface area contributed by atoms with Crippen LogP contribution in [0, 0.1) is 5.92 Å². The Hall–Kier alpha value is -0.380. The Morgan fingerprint density at radius 2 is 1.88 bits per heavy atom. The van der Waals surface area contributed by atoms with E-state index in [1.165, 1.54) is 0 Å². The molecule has 4 heteroatoms. The lowest BCUT2D eigenvalue weighted by atomic mass is 10.2. The van der Waals surface area contributed by atoms with Crippen molar-refractivity contribution < 1.29 is 13.2 Å². The second-order valence-corrected chi connectivity index (χ2v) is 4.13. The first-order valence-electron chi connectivity index (χ1n) is 2.30. The van der Waals surface area contributed by atoms with E-state index in [-0.39, 0.29) is 17.4 Å². The van der Waals surface area contributed by atoms with E-state index in [9.17, 15) is 13.2 Å². The Labute approximate surface area is 47.6 Å². The van der Waals surface area contributed by atoms with Gasteiger partial charge in [-0.05, 0) is 0 Å². The zero-order chi connectivity index (χ0) is 6.20. The van der Waals surface area contributed by atoms with Crippen LogP contribution in [-0.4, -0.2) is 26.2 Å². The minimum absolute atomic E-state index is 0.0660. The third-order valence-electron chi connectivity index (χ3n) is 1.13. The van der Waals surface area contributed by atoms with E-state index >= 15 is 0 Å². The van der Waals surface area contributed by atoms with Crippen molar-refractivity contribution in [3.8, 4) is 0 Å². The van der Waals surface area contributed by atoms with Crippen molar-refractivity contribution in [1.82, 2.24) is 0 Å². The molecule has 46 valence electrons. The highest BCUT2D eigenvalue weighted by Gasteiger charge is 2.32. The van der Waals surface area contributed by atoms with Crippen molar-refractivity contribution in [2.45, 2.75) is 0 Å². The predicted octanol–water partition coefficient (Wildman–Crippen LogP) is -0.770. The van der Waals surface area contributed by atoms with E-state index in [0.717, 1.165) is 0 Å². The topological polar surface area (TPSA) is 51.2 Å². The molecule has 1 rings (SSSR count). The van der Waals surface area contributed by atoms with E-state index in [1.54, 1.807) is 0 Å². The van der Waals surface area contributed by atoms with Gasteiger partial charge in [0, 0.05) is 5.92 Å². The molecule has 1 saturated heterocycles. The summed E-state index contributed by atoms with van der Waals surface area (Å²) in [5.41, 5.74) is 0. The number of carbonyl (C=O) groups excluding carboxylic acids is 1. The van der Waals surface area contributed by atoms with Crippen LogP contribution in [0.25, 0.3) is 0 Å². The van der Waals surface area contributed by atoms with E-state index in [4.69, 9.17) is 0 Å². The van der Waals surface area contributed by atoms with Crippen LogP contribution in [0.2, 0.25) is 0 Å². The molecule has 1 aliphatic rings. The van der Waals surface area contributed by atoms with Gasteiger partial charge < -0.3 is 4.79 Å². The van der Waals surface area contributed by atoms with Gasteiger partial charge in [0.25, 0.3) is 0 Å². The molecule has 0 atom stereocenters. The van der Waals surface area contributed by atoms with Gasteiger partial charge in [-0.2, -0.15) is 0 Å². The highest BCUT2D eigenvalue weighted by Crippen LogP contribution is 2.14. The van der Waals surface area contributed by atoms with Crippen molar-refractivity contribution in [3.63, 3.8) is 0 Å². The summed E-state index contributed by atoms with van der Waals surface area (Å²) < 4.78 is 20.6. The molecule has 0 aromatic rings. The number of aldehydes is 1. The summed E-state index contributed by atoms with van der Waals surface area (Å²) in [6.45, 7) is 0. The Morgan fingerprint density at radius 3 is 2.00 bits per heavy atom. The zero-order valence-corrected chi connectivity index (χ0v) is 5.02. The van der Waals surface area contributed by atoms with Crippen molar-refractivity contribution in [2.75, 3.05) is 11.5 Å². The quantitative estimate of drug-likeness (QED) is 0.442. The first-order valence-corrected chi connectivity index (χ1v) is 4.12. The Balaban J connectivity index is 2.55. The zero-order valence-electron chi connectivity index (χ0n) is 4.20. The monoisotopic (exact) mass is 134 g/mol. The summed E-state index contributed by atoms with van der Waals surface area (Å²) >= 11 is 0. The molecule has 0 aromatic carbocycles. The Bertz CT molecular complexity index is 179. The third kappa shape index (κ3) is 0.888. The molecular formula is C4H6O3S. The number of carbonyl (C=O) groups is 1. The molecule has 1 heterocycles. The molecule has 1 aliphatic heterocycles. The predicted molar refractivity (Wildman–Crippen MR) is 28.2 cm³/mol. The van der Waals surface area contributed by atoms with Gasteiger partial charge in [-0.15, -0.1) is 0 Å². The second kappa shape index (κ2) is 1.55. The lowest BCUT2D eigenvalue weighted by molar-refractivity contribution is -0.110. The maximum absolute atomic E-state index is 10.3. The summed E-state index contributed by atoms with van der Waals surface area (Å²) in [7, 11) is -2.77. The van der Waals surface area contributed by atoms with Crippen LogP contribution in [-0.2, 0) is 14.6 Å². The average Bonchev–Trinajstić information content (AvgIpc) is 1.60. The van der Waals surface area contributed by atoms with Gasteiger partial charge in [-0.25, -0.2) is 8.42 Å². The maximum atomic E-state index is 10.3. The number of sulfone groups is 1. The van der Waals surface area contributed by atoms with Gasteiger partial charge in [0.05, 0.1) is 11.5 Å². The normalized spacial score (nSPS) is 26.5. The molecule has 0 spiro atoms. The molecule has 0 N–H and O–H groups in total. The third-order valence-corrected chi connectivity index (χ3v) is 3.00. The lowest BCUT2D eigenvalue weighted by Gasteiger charge is -2.18. The SMILES string of the molecule is O=CC1CS(=O)(=O)C1. The minimum atomic E-state index is -2.77. The van der Waals surface area contributed by atoms with Crippen LogP contribution in [0.15, 0.2) is 0 Å². The average molecular weight is 134 g/mol. The maximum Gasteiger partial charge on any atom is 0.151 e. The summed E-state index contributed by atoms with van der Waals surface area (Å²) in [6, 6.07) is 0. The van der Waals surface area contributed by atoms with E-state index < -0.39 is 9.84 Å². The first kappa shape index (κ1) is 5.75. The standard InChI is InChI=1S/C4H6O3S/c5-1-4-2-8(6,7)3-4/h1,4H,2-3H2. The van der Waals surface area contributed by atoms with Crippen LogP contribution < -0.4 is 0 Å². The summed E-state index contributed by atoms with van der Waals surface area (Å²) in [4.78, 5) is 9.81. The molecule has 8 heavy (non-hydrogen) atoms. The molecule has 1 fully saturated rings. The van der Waals surface area contributed by atoms with Crippen LogP contribution in [0.5, 0.6) is 0 Å². The first-order chi connectivity index (χ1) is 3.64. The fourth-order valence-electron chi connectivity index (χ4n) is 0.682. The molecule has 0 unspecified atom stereocenters. The summed E-state index contributed by atoms with van der Waals surface area (Å²) in [5, 5.41) is 0. The molecule has 0 radical (unpaired) electrons. The van der Waals surface area contributed by atoms with Crippen molar-refractivity contribution >= 4 is 16.1 Å². The molecule has 0 aliphatic carbocycles. The highest BCUT2D eigenvalue weighted by molar-refractivity contribution is 7.92. The van der Waals surface area contributed by atoms with E-state index in [1.807, 2.05) is 0 Å². The fraction of sp³-hybridized carbons (Fsp3) is 0.750. The van der Waals surface area contributed by atoms with Crippen LogP contribution in [0.4, 0.5) is 0 Å². The smallest absolute Gasteiger partial charge is 0.151 e. The van der Waals surface area contributed by atoms with Gasteiger partial charge >= 0.3 is 0 Å². The van der Waals surface area contributed by atoms with Crippen molar-refractivity contribution in [3.05, 3.63) is 0 Å². The lowest BCUT2D eigenvalue weighted by Crippen LogP contribution is -2.36. The minimum Gasteiger partial charge on any atom is -0.303 e. The van der Waals surface area contributed by atoms with Crippen LogP contribution >= 0.6 is 0 Å². The van der Waals surface area contributed by atoms with Crippen LogP contribution in [0.3, 0.4) is 0 Å². The molecule has 0 aromatic heterocycles. The van der Waals surface area contributed by atoms with Crippen molar-refractivity contribution in [2.24, 2.45) is 5.92 Å². The molecule has 0 amide bonds. The molecular weight excluding hydrogens is 128 g/mol. The van der Waals surface area contributed by atoms with E-state index in [2.05, 4.69) is 0 Å². The summed E-state index contributed by atoms with van der Waals surface area (Å²) in [6.07, 6.45) is 0.695. The van der Waals surface area contributed by atoms with E-state index in [0.29, 0.717) is 6.29 Å².